The molecule has 32 heavy (non-hydrogen) atoms. The summed E-state index contributed by atoms with van der Waals surface area (Å²) in [6.07, 6.45) is 0. The van der Waals surface area contributed by atoms with E-state index in [9.17, 15) is 0 Å². The molecule has 0 spiro atoms. The molecule has 0 amide bonds. The molecular formula is C21H17ClN6O3S. The predicted molar refractivity (Wildman–Crippen MR) is 122 cm³/mol. The van der Waals surface area contributed by atoms with Gasteiger partial charge < -0.3 is 9.73 Å². The summed E-state index contributed by atoms with van der Waals surface area (Å²) >= 11 is 7.74. The van der Waals surface area contributed by atoms with Crippen LogP contribution >= 0.6 is 23.4 Å². The molecule has 11 heteroatoms. The lowest BCUT2D eigenvalue weighted by atomic mass is 10.1. The minimum absolute atomic E-state index is 0.0697. The molecule has 0 atom stereocenters. The van der Waals surface area contributed by atoms with Gasteiger partial charge in [0.15, 0.2) is 11.6 Å². The van der Waals surface area contributed by atoms with Crippen LogP contribution in [0.15, 0.2) is 75.3 Å². The molecule has 162 valence electrons. The summed E-state index contributed by atoms with van der Waals surface area (Å²) in [4.78, 5) is 0. The van der Waals surface area contributed by atoms with Crippen molar-refractivity contribution in [1.82, 2.24) is 14.9 Å². The summed E-state index contributed by atoms with van der Waals surface area (Å²) in [6, 6.07) is 17.9. The van der Waals surface area contributed by atoms with Crippen molar-refractivity contribution in [3.05, 3.63) is 77.3 Å². The lowest BCUT2D eigenvalue weighted by molar-refractivity contribution is 0.0291. The molecule has 0 saturated carbocycles. The number of furan rings is 1. The zero-order chi connectivity index (χ0) is 22.1. The second-order valence-corrected chi connectivity index (χ2v) is 8.23. The van der Waals surface area contributed by atoms with Crippen LogP contribution in [-0.2, 0) is 6.54 Å². The van der Waals surface area contributed by atoms with E-state index in [0.29, 0.717) is 39.8 Å². The third-order valence-corrected chi connectivity index (χ3v) is 6.08. The molecule has 0 fully saturated rings. The highest BCUT2D eigenvalue weighted by molar-refractivity contribution is 7.99. The molecular weight excluding hydrogens is 452 g/mol. The number of hydrogen-bond donors (Lipinski definition) is 3. The van der Waals surface area contributed by atoms with Crippen LogP contribution in [0.5, 0.6) is 0 Å². The number of anilines is 2. The summed E-state index contributed by atoms with van der Waals surface area (Å²) in [7, 11) is 0. The predicted octanol–water partition coefficient (Wildman–Crippen LogP) is 4.75. The van der Waals surface area contributed by atoms with Crippen molar-refractivity contribution in [3.63, 3.8) is 0 Å². The Balaban J connectivity index is 1.36. The molecule has 0 aliphatic carbocycles. The topological polar surface area (TPSA) is 112 Å². The van der Waals surface area contributed by atoms with E-state index < -0.39 is 0 Å². The van der Waals surface area contributed by atoms with Gasteiger partial charge in [0.25, 0.3) is 0 Å². The molecule has 0 bridgehead atoms. The number of nitrogens with zero attached hydrogens (tertiary/aromatic N) is 5. The molecule has 3 N–H and O–H groups in total. The third-order valence-electron chi connectivity index (χ3n) is 4.82. The Labute approximate surface area is 191 Å². The van der Waals surface area contributed by atoms with Gasteiger partial charge in [-0.25, -0.2) is 0 Å². The Morgan fingerprint density at radius 1 is 1.03 bits per heavy atom. The number of fused-ring (bicyclic) bond motifs is 1. The Morgan fingerprint density at radius 3 is 2.59 bits per heavy atom. The number of para-hydroxylation sites is 1. The third kappa shape index (κ3) is 4.08. The summed E-state index contributed by atoms with van der Waals surface area (Å²) in [5, 5.41) is 36.0. The number of nitrogens with one attached hydrogen (secondary N) is 1. The standard InChI is InChI=1S/C21H17ClN6O3S/c22-15-3-1-2-4-16(15)23-11-20-24-25-21-27(20)26-17(12-32-21)19-10-9-18(31-19)13-5-7-14(8-6-13)28(29)30/h1-10,23,29-30H,11-12H2. The molecule has 0 saturated heterocycles. The van der Waals surface area contributed by atoms with Crippen molar-refractivity contribution in [3.8, 4) is 11.3 Å². The summed E-state index contributed by atoms with van der Waals surface area (Å²) in [5.74, 6) is 2.56. The number of thioether (sulfide) groups is 1. The molecule has 5 rings (SSSR count). The number of hydrogen-bond acceptors (Lipinski definition) is 9. The van der Waals surface area contributed by atoms with Gasteiger partial charge in [0.2, 0.25) is 5.16 Å². The Bertz CT molecular complexity index is 1280. The first kappa shape index (κ1) is 20.6. The zero-order valence-electron chi connectivity index (χ0n) is 16.5. The van der Waals surface area contributed by atoms with Crippen molar-refractivity contribution in [2.24, 2.45) is 5.10 Å². The minimum Gasteiger partial charge on any atom is -0.455 e. The van der Waals surface area contributed by atoms with Gasteiger partial charge in [-0.1, -0.05) is 35.5 Å². The largest absolute Gasteiger partial charge is 0.455 e. The number of benzene rings is 2. The van der Waals surface area contributed by atoms with Gasteiger partial charge in [0.1, 0.15) is 11.5 Å². The average molecular weight is 469 g/mol. The van der Waals surface area contributed by atoms with E-state index in [1.165, 1.54) is 11.8 Å². The Morgan fingerprint density at radius 2 is 1.81 bits per heavy atom. The summed E-state index contributed by atoms with van der Waals surface area (Å²) < 4.78 is 7.73. The quantitative estimate of drug-likeness (QED) is 0.348. The fraction of sp³-hybridized carbons (Fsp3) is 0.0952. The van der Waals surface area contributed by atoms with Crippen LogP contribution < -0.4 is 10.5 Å². The van der Waals surface area contributed by atoms with Crippen molar-refractivity contribution >= 4 is 40.4 Å². The van der Waals surface area contributed by atoms with E-state index in [-0.39, 0.29) is 10.9 Å². The van der Waals surface area contributed by atoms with Gasteiger partial charge in [-0.3, -0.25) is 10.4 Å². The molecule has 1 aliphatic rings. The zero-order valence-corrected chi connectivity index (χ0v) is 18.1. The van der Waals surface area contributed by atoms with Gasteiger partial charge >= 0.3 is 0 Å². The molecule has 9 nitrogen and oxygen atoms in total. The van der Waals surface area contributed by atoms with Gasteiger partial charge in [-0.2, -0.15) is 9.78 Å². The highest BCUT2D eigenvalue weighted by Gasteiger charge is 2.22. The maximum Gasteiger partial charge on any atom is 0.212 e. The van der Waals surface area contributed by atoms with E-state index >= 15 is 0 Å². The molecule has 1 aliphatic heterocycles. The average Bonchev–Trinajstić information content (AvgIpc) is 3.46. The summed E-state index contributed by atoms with van der Waals surface area (Å²) in [6.45, 7) is 0.413. The van der Waals surface area contributed by atoms with Gasteiger partial charge in [-0.15, -0.1) is 15.4 Å². The van der Waals surface area contributed by atoms with Crippen molar-refractivity contribution in [1.29, 1.82) is 0 Å². The van der Waals surface area contributed by atoms with Crippen molar-refractivity contribution < 1.29 is 14.8 Å². The Kier molecular flexibility index (Phi) is 5.58. The molecule has 2 aromatic heterocycles. The van der Waals surface area contributed by atoms with Crippen LogP contribution in [-0.4, -0.2) is 36.8 Å². The number of aromatic nitrogens is 3. The number of halogens is 1. The van der Waals surface area contributed by atoms with E-state index in [1.807, 2.05) is 36.4 Å². The van der Waals surface area contributed by atoms with Crippen LogP contribution in [0.3, 0.4) is 0 Å². The van der Waals surface area contributed by atoms with E-state index in [2.05, 4.69) is 15.5 Å². The molecule has 0 unspecified atom stereocenters. The molecule has 0 radical (unpaired) electrons. The first-order valence-electron chi connectivity index (χ1n) is 9.60. The highest BCUT2D eigenvalue weighted by atomic mass is 35.5. The van der Waals surface area contributed by atoms with Gasteiger partial charge in [0, 0.05) is 11.3 Å². The highest BCUT2D eigenvalue weighted by Crippen LogP contribution is 2.29. The van der Waals surface area contributed by atoms with Crippen LogP contribution in [0.25, 0.3) is 11.3 Å². The smallest absolute Gasteiger partial charge is 0.212 e. The molecule has 2 aromatic carbocycles. The van der Waals surface area contributed by atoms with Crippen LogP contribution in [0.1, 0.15) is 11.6 Å². The first-order valence-corrected chi connectivity index (χ1v) is 11.0. The molecule has 4 aromatic rings. The number of rotatable bonds is 6. The first-order chi connectivity index (χ1) is 15.6. The lowest BCUT2D eigenvalue weighted by Crippen LogP contribution is -2.15. The van der Waals surface area contributed by atoms with E-state index in [0.717, 1.165) is 17.0 Å². The van der Waals surface area contributed by atoms with Gasteiger partial charge in [0.05, 0.1) is 22.9 Å². The maximum absolute atomic E-state index is 9.08. The van der Waals surface area contributed by atoms with Crippen molar-refractivity contribution in [2.45, 2.75) is 11.7 Å². The normalized spacial score (nSPS) is 12.9. The SMILES string of the molecule is ON(O)c1ccc(-c2ccc(C3=Nn4c(CNc5ccccc5Cl)nnc4SC3)o2)cc1. The second-order valence-electron chi connectivity index (χ2n) is 6.88. The fourth-order valence-corrected chi connectivity index (χ4v) is 4.22. The lowest BCUT2D eigenvalue weighted by Gasteiger charge is -2.13. The summed E-state index contributed by atoms with van der Waals surface area (Å²) in [5.41, 5.74) is 2.64. The fourth-order valence-electron chi connectivity index (χ4n) is 3.19. The Hall–Kier alpha value is -3.31. The van der Waals surface area contributed by atoms with Gasteiger partial charge in [-0.05, 0) is 48.5 Å². The van der Waals surface area contributed by atoms with Crippen LogP contribution in [0.4, 0.5) is 11.4 Å². The van der Waals surface area contributed by atoms with E-state index in [1.54, 1.807) is 28.9 Å². The van der Waals surface area contributed by atoms with Crippen LogP contribution in [0.2, 0.25) is 5.02 Å². The molecule has 3 heterocycles. The van der Waals surface area contributed by atoms with Crippen LogP contribution in [0, 0.1) is 0 Å². The maximum atomic E-state index is 9.08. The van der Waals surface area contributed by atoms with Crippen molar-refractivity contribution in [2.75, 3.05) is 16.3 Å². The second kappa shape index (κ2) is 8.67. The monoisotopic (exact) mass is 468 g/mol. The van der Waals surface area contributed by atoms with E-state index in [4.69, 9.17) is 31.5 Å². The minimum atomic E-state index is 0.0697.